The minimum atomic E-state index is -0.364. The van der Waals surface area contributed by atoms with Gasteiger partial charge in [0.2, 0.25) is 0 Å². The summed E-state index contributed by atoms with van der Waals surface area (Å²) in [7, 11) is 0. The number of amides is 1. The molecule has 1 aliphatic carbocycles. The van der Waals surface area contributed by atoms with Crippen LogP contribution in [0.2, 0.25) is 0 Å². The number of likely N-dealkylation sites (tertiary alicyclic amines) is 1. The number of aryl methyl sites for hydroxylation is 1. The number of nitrogens with zero attached hydrogens (tertiary/aromatic N) is 1. The van der Waals surface area contributed by atoms with Crippen LogP contribution in [0.4, 0.5) is 0 Å². The number of fused-ring (bicyclic) bond motifs is 1. The number of piperidine rings is 1. The highest BCUT2D eigenvalue weighted by Gasteiger charge is 2.35. The molecule has 3 N–H and O–H groups in total. The highest BCUT2D eigenvalue weighted by atomic mass is 16.4. The van der Waals surface area contributed by atoms with E-state index in [1.807, 2.05) is 13.0 Å². The van der Waals surface area contributed by atoms with Gasteiger partial charge in [-0.25, -0.2) is 5.84 Å². The van der Waals surface area contributed by atoms with E-state index in [2.05, 4.69) is 10.3 Å². The Hall–Kier alpha value is -1.33. The van der Waals surface area contributed by atoms with Crippen LogP contribution in [0.1, 0.15) is 54.0 Å². The largest absolute Gasteiger partial charge is 0.456 e. The van der Waals surface area contributed by atoms with Gasteiger partial charge >= 0.3 is 5.91 Å². The van der Waals surface area contributed by atoms with Crippen molar-refractivity contribution in [2.45, 2.75) is 51.6 Å². The molecule has 2 fully saturated rings. The van der Waals surface area contributed by atoms with Gasteiger partial charge in [-0.15, -0.1) is 0 Å². The quantitative estimate of drug-likeness (QED) is 0.503. The topological polar surface area (TPSA) is 71.5 Å². The molecule has 1 aromatic heterocycles. The van der Waals surface area contributed by atoms with Crippen LogP contribution < -0.4 is 11.3 Å². The molecular weight excluding hydrogens is 254 g/mol. The standard InChI is InChI=1S/C15H23N3O2/c1-10-12(8-14(20-10)15(19)17-16)9-18-7-3-5-11-4-2-6-13(11)18/h8,11,13H,2-7,9,16H2,1H3,(H,17,19). The molecule has 0 radical (unpaired) electrons. The average molecular weight is 277 g/mol. The van der Waals surface area contributed by atoms with E-state index in [4.69, 9.17) is 10.3 Å². The summed E-state index contributed by atoms with van der Waals surface area (Å²) in [5.74, 6) is 6.79. The third-order valence-corrected chi connectivity index (χ3v) is 4.86. The Balaban J connectivity index is 1.73. The maximum absolute atomic E-state index is 11.5. The van der Waals surface area contributed by atoms with E-state index in [0.717, 1.165) is 36.4 Å². The lowest BCUT2D eigenvalue weighted by molar-refractivity contribution is 0.0924. The predicted octanol–water partition coefficient (Wildman–Crippen LogP) is 1.96. The van der Waals surface area contributed by atoms with Crippen molar-refractivity contribution >= 4 is 5.91 Å². The number of nitrogens with one attached hydrogen (secondary N) is 1. The Morgan fingerprint density at radius 3 is 3.05 bits per heavy atom. The van der Waals surface area contributed by atoms with E-state index in [0.29, 0.717) is 5.76 Å². The number of hydrogen-bond donors (Lipinski definition) is 2. The lowest BCUT2D eigenvalue weighted by Gasteiger charge is -2.37. The molecule has 0 spiro atoms. The van der Waals surface area contributed by atoms with Gasteiger partial charge in [0.05, 0.1) is 0 Å². The van der Waals surface area contributed by atoms with Crippen LogP contribution >= 0.6 is 0 Å². The molecule has 2 unspecified atom stereocenters. The normalized spacial score (nSPS) is 26.5. The average Bonchev–Trinajstić information content (AvgIpc) is 3.06. The molecule has 1 saturated carbocycles. The van der Waals surface area contributed by atoms with Crippen molar-refractivity contribution in [1.82, 2.24) is 10.3 Å². The molecule has 0 aromatic carbocycles. The first-order valence-corrected chi connectivity index (χ1v) is 7.53. The van der Waals surface area contributed by atoms with Crippen LogP contribution in [0.15, 0.2) is 10.5 Å². The van der Waals surface area contributed by atoms with Crippen molar-refractivity contribution in [3.05, 3.63) is 23.2 Å². The fraction of sp³-hybridized carbons (Fsp3) is 0.667. The zero-order valence-corrected chi connectivity index (χ0v) is 12.0. The van der Waals surface area contributed by atoms with Crippen LogP contribution in [-0.4, -0.2) is 23.4 Å². The Kier molecular flexibility index (Phi) is 3.81. The number of carbonyl (C=O) groups excluding carboxylic acids is 1. The summed E-state index contributed by atoms with van der Waals surface area (Å²) >= 11 is 0. The highest BCUT2D eigenvalue weighted by molar-refractivity contribution is 5.91. The first-order chi connectivity index (χ1) is 9.69. The second kappa shape index (κ2) is 5.58. The number of furan rings is 1. The number of nitrogen functional groups attached to an aromatic ring is 1. The van der Waals surface area contributed by atoms with E-state index >= 15 is 0 Å². The molecule has 1 saturated heterocycles. The van der Waals surface area contributed by atoms with E-state index in [9.17, 15) is 4.79 Å². The van der Waals surface area contributed by atoms with Crippen molar-refractivity contribution < 1.29 is 9.21 Å². The molecule has 1 aromatic rings. The fourth-order valence-electron chi connectivity index (χ4n) is 3.83. The summed E-state index contributed by atoms with van der Waals surface area (Å²) in [6.07, 6.45) is 6.72. The summed E-state index contributed by atoms with van der Waals surface area (Å²) in [6, 6.07) is 2.56. The molecule has 20 heavy (non-hydrogen) atoms. The van der Waals surface area contributed by atoms with Gasteiger partial charge in [0.1, 0.15) is 5.76 Å². The number of nitrogens with two attached hydrogens (primary N) is 1. The molecule has 0 bridgehead atoms. The highest BCUT2D eigenvalue weighted by Crippen LogP contribution is 2.37. The van der Waals surface area contributed by atoms with Crippen LogP contribution in [0.3, 0.4) is 0 Å². The lowest BCUT2D eigenvalue weighted by atomic mass is 9.91. The van der Waals surface area contributed by atoms with E-state index in [1.54, 1.807) is 0 Å². The zero-order chi connectivity index (χ0) is 14.1. The third kappa shape index (κ3) is 2.47. The summed E-state index contributed by atoms with van der Waals surface area (Å²) in [6.45, 7) is 3.96. The second-order valence-corrected chi connectivity index (χ2v) is 6.04. The smallest absolute Gasteiger partial charge is 0.300 e. The van der Waals surface area contributed by atoms with E-state index in [-0.39, 0.29) is 5.91 Å². The number of hydrogen-bond acceptors (Lipinski definition) is 4. The maximum atomic E-state index is 11.5. The second-order valence-electron chi connectivity index (χ2n) is 6.04. The number of rotatable bonds is 3. The summed E-state index contributed by atoms with van der Waals surface area (Å²) in [5.41, 5.74) is 3.22. The van der Waals surface area contributed by atoms with Crippen LogP contribution in [0.25, 0.3) is 0 Å². The summed E-state index contributed by atoms with van der Waals surface area (Å²) in [5, 5.41) is 0. The van der Waals surface area contributed by atoms with Gasteiger partial charge in [0.15, 0.2) is 5.76 Å². The van der Waals surface area contributed by atoms with E-state index in [1.165, 1.54) is 32.1 Å². The molecule has 2 aliphatic rings. The first-order valence-electron chi connectivity index (χ1n) is 7.53. The Morgan fingerprint density at radius 1 is 1.45 bits per heavy atom. The molecule has 3 rings (SSSR count). The van der Waals surface area contributed by atoms with Gasteiger partial charge in [-0.2, -0.15) is 0 Å². The monoisotopic (exact) mass is 277 g/mol. The summed E-state index contributed by atoms with van der Waals surface area (Å²) < 4.78 is 5.50. The molecule has 1 amide bonds. The molecule has 2 atom stereocenters. The Labute approximate surface area is 119 Å². The van der Waals surface area contributed by atoms with Crippen molar-refractivity contribution in [2.75, 3.05) is 6.54 Å². The third-order valence-electron chi connectivity index (χ3n) is 4.86. The van der Waals surface area contributed by atoms with Crippen molar-refractivity contribution in [2.24, 2.45) is 11.8 Å². The van der Waals surface area contributed by atoms with Gasteiger partial charge < -0.3 is 4.42 Å². The SMILES string of the molecule is Cc1oc(C(=O)NN)cc1CN1CCCC2CCCC21. The first kappa shape index (κ1) is 13.6. The van der Waals surface area contributed by atoms with Crippen molar-refractivity contribution in [3.8, 4) is 0 Å². The summed E-state index contributed by atoms with van der Waals surface area (Å²) in [4.78, 5) is 14.1. The molecule has 110 valence electrons. The molecular formula is C15H23N3O2. The molecule has 5 nitrogen and oxygen atoms in total. The fourth-order valence-corrected chi connectivity index (χ4v) is 3.83. The Morgan fingerprint density at radius 2 is 2.25 bits per heavy atom. The molecule has 1 aliphatic heterocycles. The molecule has 2 heterocycles. The predicted molar refractivity (Wildman–Crippen MR) is 75.9 cm³/mol. The minimum Gasteiger partial charge on any atom is -0.456 e. The lowest BCUT2D eigenvalue weighted by Crippen LogP contribution is -2.41. The number of carbonyl (C=O) groups is 1. The van der Waals surface area contributed by atoms with Crippen LogP contribution in [0, 0.1) is 12.8 Å². The van der Waals surface area contributed by atoms with Gasteiger partial charge in [0.25, 0.3) is 0 Å². The molecule has 5 heteroatoms. The maximum Gasteiger partial charge on any atom is 0.300 e. The van der Waals surface area contributed by atoms with Crippen LogP contribution in [-0.2, 0) is 6.54 Å². The Bertz CT molecular complexity index is 497. The van der Waals surface area contributed by atoms with Gasteiger partial charge in [0, 0.05) is 18.2 Å². The van der Waals surface area contributed by atoms with Crippen molar-refractivity contribution in [1.29, 1.82) is 0 Å². The van der Waals surface area contributed by atoms with Gasteiger partial charge in [-0.3, -0.25) is 15.1 Å². The van der Waals surface area contributed by atoms with Crippen molar-refractivity contribution in [3.63, 3.8) is 0 Å². The van der Waals surface area contributed by atoms with Gasteiger partial charge in [-0.1, -0.05) is 6.42 Å². The number of hydrazine groups is 1. The van der Waals surface area contributed by atoms with Crippen LogP contribution in [0.5, 0.6) is 0 Å². The zero-order valence-electron chi connectivity index (χ0n) is 12.0. The minimum absolute atomic E-state index is 0.306. The van der Waals surface area contributed by atoms with Gasteiger partial charge in [-0.05, 0) is 51.1 Å². The van der Waals surface area contributed by atoms with E-state index < -0.39 is 0 Å².